The molecule has 3 aromatic carbocycles. The topological polar surface area (TPSA) is 159 Å². The summed E-state index contributed by atoms with van der Waals surface area (Å²) in [5.41, 5.74) is 0.889. The van der Waals surface area contributed by atoms with Crippen molar-refractivity contribution in [2.75, 3.05) is 7.11 Å². The highest BCUT2D eigenvalue weighted by molar-refractivity contribution is 8.18. The summed E-state index contributed by atoms with van der Waals surface area (Å²) >= 11 is 0.749. The summed E-state index contributed by atoms with van der Waals surface area (Å²) in [6, 6.07) is 15.0. The molecule has 4 rings (SSSR count). The van der Waals surface area contributed by atoms with Crippen LogP contribution >= 0.6 is 11.8 Å². The molecule has 2 amide bonds. The van der Waals surface area contributed by atoms with Gasteiger partial charge in [0, 0.05) is 24.3 Å². The number of carbonyl (C=O) groups excluding carboxylic acids is 3. The molecule has 0 aromatic heterocycles. The molecule has 0 spiro atoms. The van der Waals surface area contributed by atoms with Gasteiger partial charge in [0.05, 0.1) is 34.0 Å². The fourth-order valence-electron chi connectivity index (χ4n) is 3.43. The Balaban J connectivity index is 1.48. The van der Waals surface area contributed by atoms with Gasteiger partial charge >= 0.3 is 5.97 Å². The van der Waals surface area contributed by atoms with Crippen LogP contribution in [0.15, 0.2) is 71.6 Å². The molecule has 3 aromatic rings. The second-order valence-corrected chi connectivity index (χ2v) is 8.79. The lowest BCUT2D eigenvalue weighted by atomic mass is 10.1. The zero-order chi connectivity index (χ0) is 27.4. The van der Waals surface area contributed by atoms with E-state index in [0.717, 1.165) is 16.7 Å². The third-order valence-electron chi connectivity index (χ3n) is 5.36. The highest BCUT2D eigenvalue weighted by atomic mass is 32.2. The minimum absolute atomic E-state index is 0.0408. The number of amides is 2. The van der Waals surface area contributed by atoms with Gasteiger partial charge in [-0.05, 0) is 53.2 Å². The first kappa shape index (κ1) is 26.0. The molecular formula is C25H17N3O9S. The zero-order valence-corrected chi connectivity index (χ0v) is 20.4. The van der Waals surface area contributed by atoms with Crippen LogP contribution in [0.2, 0.25) is 0 Å². The van der Waals surface area contributed by atoms with Crippen LogP contribution in [0.5, 0.6) is 11.5 Å². The molecule has 0 N–H and O–H groups in total. The normalized spacial score (nSPS) is 14.0. The van der Waals surface area contributed by atoms with Crippen LogP contribution in [-0.4, -0.2) is 39.0 Å². The molecule has 192 valence electrons. The van der Waals surface area contributed by atoms with Crippen molar-refractivity contribution >= 4 is 46.3 Å². The van der Waals surface area contributed by atoms with Gasteiger partial charge in [0.1, 0.15) is 0 Å². The Morgan fingerprint density at radius 3 is 2.11 bits per heavy atom. The molecule has 0 atom stereocenters. The standard InChI is InChI=1S/C25H17N3O9S/c1-36-21-12-16(4-11-20(21)37-24(30)17-5-9-19(10-6-17)28(34)35)13-22-23(29)26(25(31)38-22)14-15-2-7-18(8-3-15)27(32)33/h2-13H,14H2,1H3/b22-13-. The van der Waals surface area contributed by atoms with Gasteiger partial charge in [-0.1, -0.05) is 18.2 Å². The number of hydrogen-bond acceptors (Lipinski definition) is 10. The number of thioether (sulfide) groups is 1. The van der Waals surface area contributed by atoms with Gasteiger partial charge in [-0.2, -0.15) is 0 Å². The van der Waals surface area contributed by atoms with Crippen molar-refractivity contribution in [3.63, 3.8) is 0 Å². The molecule has 38 heavy (non-hydrogen) atoms. The third kappa shape index (κ3) is 5.68. The summed E-state index contributed by atoms with van der Waals surface area (Å²) in [6.07, 6.45) is 1.49. The maximum absolute atomic E-state index is 12.9. The number of hydrogen-bond donors (Lipinski definition) is 0. The van der Waals surface area contributed by atoms with Gasteiger partial charge < -0.3 is 9.47 Å². The molecule has 0 saturated carbocycles. The van der Waals surface area contributed by atoms with E-state index in [-0.39, 0.29) is 39.9 Å². The summed E-state index contributed by atoms with van der Waals surface area (Å²) in [5, 5.41) is 21.1. The minimum Gasteiger partial charge on any atom is -0.493 e. The second kappa shape index (κ2) is 10.9. The number of benzene rings is 3. The number of nitro groups is 2. The number of esters is 1. The van der Waals surface area contributed by atoms with E-state index in [4.69, 9.17) is 9.47 Å². The molecule has 0 aliphatic carbocycles. The molecule has 1 aliphatic rings. The van der Waals surface area contributed by atoms with Crippen molar-refractivity contribution in [1.82, 2.24) is 4.90 Å². The lowest BCUT2D eigenvalue weighted by Crippen LogP contribution is -2.27. The minimum atomic E-state index is -0.752. The van der Waals surface area contributed by atoms with E-state index in [0.29, 0.717) is 11.1 Å². The summed E-state index contributed by atoms with van der Waals surface area (Å²) in [4.78, 5) is 59.5. The first-order valence-electron chi connectivity index (χ1n) is 10.8. The van der Waals surface area contributed by atoms with Crippen molar-refractivity contribution in [3.8, 4) is 11.5 Å². The molecule has 12 nitrogen and oxygen atoms in total. The van der Waals surface area contributed by atoms with E-state index in [9.17, 15) is 34.6 Å². The molecule has 0 bridgehead atoms. The van der Waals surface area contributed by atoms with E-state index >= 15 is 0 Å². The Morgan fingerprint density at radius 2 is 1.53 bits per heavy atom. The highest BCUT2D eigenvalue weighted by Gasteiger charge is 2.35. The van der Waals surface area contributed by atoms with Crippen molar-refractivity contribution in [2.24, 2.45) is 0 Å². The summed E-state index contributed by atoms with van der Waals surface area (Å²) in [7, 11) is 1.36. The fourth-order valence-corrected chi connectivity index (χ4v) is 4.27. The quantitative estimate of drug-likeness (QED) is 0.127. The number of nitrogens with zero attached hydrogens (tertiary/aromatic N) is 3. The number of ether oxygens (including phenoxy) is 2. The van der Waals surface area contributed by atoms with Gasteiger partial charge in [0.25, 0.3) is 22.5 Å². The number of carbonyl (C=O) groups is 3. The number of non-ortho nitro benzene ring substituents is 2. The molecule has 13 heteroatoms. The lowest BCUT2D eigenvalue weighted by Gasteiger charge is -2.12. The third-order valence-corrected chi connectivity index (χ3v) is 6.27. The van der Waals surface area contributed by atoms with Gasteiger partial charge in [-0.25, -0.2) is 4.79 Å². The van der Waals surface area contributed by atoms with E-state index < -0.39 is 27.0 Å². The predicted molar refractivity (Wildman–Crippen MR) is 136 cm³/mol. The molecule has 1 fully saturated rings. The number of rotatable bonds is 8. The SMILES string of the molecule is COc1cc(/C=C2\SC(=O)N(Cc3ccc([N+](=O)[O-])cc3)C2=O)ccc1OC(=O)c1ccc([N+](=O)[O-])cc1. The molecule has 1 heterocycles. The molecular weight excluding hydrogens is 518 g/mol. The number of methoxy groups -OCH3 is 1. The monoisotopic (exact) mass is 535 g/mol. The first-order chi connectivity index (χ1) is 18.2. The zero-order valence-electron chi connectivity index (χ0n) is 19.6. The van der Waals surface area contributed by atoms with Gasteiger partial charge in [0.15, 0.2) is 11.5 Å². The molecule has 1 saturated heterocycles. The van der Waals surface area contributed by atoms with Crippen LogP contribution in [0.1, 0.15) is 21.5 Å². The first-order valence-corrected chi connectivity index (χ1v) is 11.6. The van der Waals surface area contributed by atoms with Crippen LogP contribution in [0, 0.1) is 20.2 Å². The van der Waals surface area contributed by atoms with Crippen LogP contribution in [0.4, 0.5) is 16.2 Å². The number of imide groups is 1. The van der Waals surface area contributed by atoms with Crippen molar-refractivity contribution in [1.29, 1.82) is 0 Å². The largest absolute Gasteiger partial charge is 0.493 e. The Morgan fingerprint density at radius 1 is 0.921 bits per heavy atom. The van der Waals surface area contributed by atoms with Crippen molar-refractivity contribution < 1.29 is 33.7 Å². The maximum atomic E-state index is 12.9. The summed E-state index contributed by atoms with van der Waals surface area (Å²) in [5.74, 6) is -1.01. The van der Waals surface area contributed by atoms with Crippen LogP contribution in [0.25, 0.3) is 6.08 Å². The van der Waals surface area contributed by atoms with Gasteiger partial charge in [0.2, 0.25) is 0 Å². The smallest absolute Gasteiger partial charge is 0.343 e. The van der Waals surface area contributed by atoms with Gasteiger partial charge in [-0.3, -0.25) is 34.7 Å². The summed E-state index contributed by atoms with van der Waals surface area (Å²) < 4.78 is 10.7. The lowest BCUT2D eigenvalue weighted by molar-refractivity contribution is -0.385. The Bertz CT molecular complexity index is 1480. The highest BCUT2D eigenvalue weighted by Crippen LogP contribution is 2.35. The Hall–Kier alpha value is -5.04. The fraction of sp³-hybridized carbons (Fsp3) is 0.0800. The average Bonchev–Trinajstić information content (AvgIpc) is 3.16. The van der Waals surface area contributed by atoms with Crippen molar-refractivity contribution in [2.45, 2.75) is 6.54 Å². The second-order valence-electron chi connectivity index (χ2n) is 7.80. The number of nitro benzene ring substituents is 2. The Labute approximate surface area is 218 Å². The molecule has 1 aliphatic heterocycles. The average molecular weight is 535 g/mol. The van der Waals surface area contributed by atoms with E-state index in [2.05, 4.69) is 0 Å². The van der Waals surface area contributed by atoms with Crippen LogP contribution < -0.4 is 9.47 Å². The van der Waals surface area contributed by atoms with E-state index in [1.807, 2.05) is 0 Å². The maximum Gasteiger partial charge on any atom is 0.343 e. The van der Waals surface area contributed by atoms with E-state index in [1.165, 1.54) is 73.8 Å². The van der Waals surface area contributed by atoms with Crippen molar-refractivity contribution in [3.05, 3.63) is 109 Å². The van der Waals surface area contributed by atoms with E-state index in [1.54, 1.807) is 6.07 Å². The van der Waals surface area contributed by atoms with Crippen LogP contribution in [0.3, 0.4) is 0 Å². The predicted octanol–water partition coefficient (Wildman–Crippen LogP) is 4.97. The molecule has 0 unspecified atom stereocenters. The molecule has 0 radical (unpaired) electrons. The van der Waals surface area contributed by atoms with Gasteiger partial charge in [-0.15, -0.1) is 0 Å². The Kier molecular flexibility index (Phi) is 7.48. The van der Waals surface area contributed by atoms with Crippen LogP contribution in [-0.2, 0) is 11.3 Å². The summed E-state index contributed by atoms with van der Waals surface area (Å²) in [6.45, 7) is -0.0408.